The van der Waals surface area contributed by atoms with Crippen LogP contribution in [0.5, 0.6) is 0 Å². The van der Waals surface area contributed by atoms with Crippen molar-refractivity contribution < 1.29 is 0 Å². The van der Waals surface area contributed by atoms with Gasteiger partial charge in [0.05, 0.1) is 0 Å². The van der Waals surface area contributed by atoms with Crippen LogP contribution in [0.2, 0.25) is 0 Å². The van der Waals surface area contributed by atoms with E-state index in [9.17, 15) is 0 Å². The Morgan fingerprint density at radius 1 is 1.64 bits per heavy atom. The van der Waals surface area contributed by atoms with Crippen molar-refractivity contribution in [3.05, 3.63) is 23.3 Å². The van der Waals surface area contributed by atoms with Crippen LogP contribution in [0.15, 0.2) is 23.3 Å². The van der Waals surface area contributed by atoms with Gasteiger partial charge < -0.3 is 5.73 Å². The molecule has 0 amide bonds. The largest absolute Gasteiger partial charge is 0.324 e. The summed E-state index contributed by atoms with van der Waals surface area (Å²) in [6.07, 6.45) is 7.88. The molecule has 1 aliphatic carbocycles. The number of hydrogen-bond donors (Lipinski definition) is 1. The molecule has 11 heavy (non-hydrogen) atoms. The van der Waals surface area contributed by atoms with Crippen molar-refractivity contribution in [1.82, 2.24) is 0 Å². The predicted octanol–water partition coefficient (Wildman–Crippen LogP) is 2.39. The lowest BCUT2D eigenvalue weighted by Gasteiger charge is -2.04. The maximum absolute atomic E-state index is 5.90. The van der Waals surface area contributed by atoms with Crippen molar-refractivity contribution in [1.29, 1.82) is 0 Å². The van der Waals surface area contributed by atoms with E-state index in [1.54, 1.807) is 0 Å². The van der Waals surface area contributed by atoms with Gasteiger partial charge in [-0.25, -0.2) is 0 Å². The van der Waals surface area contributed by atoms with E-state index in [1.165, 1.54) is 17.6 Å². The molecule has 0 radical (unpaired) electrons. The molecule has 2 N–H and O–H groups in total. The van der Waals surface area contributed by atoms with E-state index in [0.29, 0.717) is 6.04 Å². The van der Waals surface area contributed by atoms with Crippen molar-refractivity contribution in [2.45, 2.75) is 39.2 Å². The van der Waals surface area contributed by atoms with Crippen LogP contribution in [0.4, 0.5) is 0 Å². The first-order valence-corrected chi connectivity index (χ1v) is 4.40. The van der Waals surface area contributed by atoms with Gasteiger partial charge in [-0.05, 0) is 37.3 Å². The van der Waals surface area contributed by atoms with Gasteiger partial charge in [-0.1, -0.05) is 19.1 Å². The zero-order valence-corrected chi connectivity index (χ0v) is 7.43. The average molecular weight is 151 g/mol. The molecule has 0 aliphatic heterocycles. The number of allylic oxidation sites excluding steroid dienone is 2. The van der Waals surface area contributed by atoms with E-state index < -0.39 is 0 Å². The van der Waals surface area contributed by atoms with Gasteiger partial charge in [0.15, 0.2) is 0 Å². The lowest BCUT2D eigenvalue weighted by atomic mass is 10.1. The summed E-state index contributed by atoms with van der Waals surface area (Å²) in [6.45, 7) is 4.24. The summed E-state index contributed by atoms with van der Waals surface area (Å²) in [5, 5.41) is 0. The Morgan fingerprint density at radius 3 is 2.91 bits per heavy atom. The lowest BCUT2D eigenvalue weighted by molar-refractivity contribution is 0.778. The standard InChI is InChI=1S/C10H17N/c1-3-5-8-6-7-10(11)9(8)4-2/h4-5,10H,3,6-7,11H2,1-2H3/b8-5-,9-4+/t10-/m0/s1. The Hall–Kier alpha value is -0.560. The zero-order chi connectivity index (χ0) is 8.27. The van der Waals surface area contributed by atoms with Gasteiger partial charge in [0, 0.05) is 6.04 Å². The monoisotopic (exact) mass is 151 g/mol. The number of hydrogen-bond acceptors (Lipinski definition) is 1. The third-order valence-corrected chi connectivity index (χ3v) is 2.26. The van der Waals surface area contributed by atoms with Crippen LogP contribution in [0.1, 0.15) is 33.1 Å². The van der Waals surface area contributed by atoms with Crippen LogP contribution in [0, 0.1) is 0 Å². The van der Waals surface area contributed by atoms with Crippen LogP contribution in [0.3, 0.4) is 0 Å². The second kappa shape index (κ2) is 3.72. The third kappa shape index (κ3) is 1.72. The van der Waals surface area contributed by atoms with E-state index in [-0.39, 0.29) is 0 Å². The fourth-order valence-corrected chi connectivity index (χ4v) is 1.71. The Balaban J connectivity index is 2.78. The summed E-state index contributed by atoms with van der Waals surface area (Å²) < 4.78 is 0. The molecule has 0 heterocycles. The molecule has 1 fully saturated rings. The Kier molecular flexibility index (Phi) is 2.89. The summed E-state index contributed by atoms with van der Waals surface area (Å²) >= 11 is 0. The minimum absolute atomic E-state index is 0.304. The number of nitrogens with two attached hydrogens (primary N) is 1. The molecule has 1 heteroatoms. The molecule has 1 rings (SSSR count). The number of rotatable bonds is 1. The van der Waals surface area contributed by atoms with Crippen molar-refractivity contribution >= 4 is 0 Å². The summed E-state index contributed by atoms with van der Waals surface area (Å²) in [7, 11) is 0. The minimum Gasteiger partial charge on any atom is -0.324 e. The minimum atomic E-state index is 0.304. The van der Waals surface area contributed by atoms with Crippen molar-refractivity contribution in [3.8, 4) is 0 Å². The smallest absolute Gasteiger partial charge is 0.0297 e. The van der Waals surface area contributed by atoms with Gasteiger partial charge in [-0.3, -0.25) is 0 Å². The van der Waals surface area contributed by atoms with E-state index in [0.717, 1.165) is 12.8 Å². The molecule has 0 unspecified atom stereocenters. The predicted molar refractivity (Wildman–Crippen MR) is 49.3 cm³/mol. The van der Waals surface area contributed by atoms with Gasteiger partial charge >= 0.3 is 0 Å². The molecular formula is C10H17N. The molecule has 0 aromatic carbocycles. The van der Waals surface area contributed by atoms with Crippen molar-refractivity contribution in [2.75, 3.05) is 0 Å². The van der Waals surface area contributed by atoms with Crippen LogP contribution in [-0.2, 0) is 0 Å². The normalized spacial score (nSPS) is 32.1. The zero-order valence-electron chi connectivity index (χ0n) is 7.43. The average Bonchev–Trinajstić information content (AvgIpc) is 2.33. The highest BCUT2D eigenvalue weighted by atomic mass is 14.7. The van der Waals surface area contributed by atoms with E-state index >= 15 is 0 Å². The first-order chi connectivity index (χ1) is 5.29. The highest BCUT2D eigenvalue weighted by Gasteiger charge is 2.19. The van der Waals surface area contributed by atoms with Crippen molar-refractivity contribution in [2.24, 2.45) is 5.73 Å². The second-order valence-corrected chi connectivity index (χ2v) is 3.03. The fraction of sp³-hybridized carbons (Fsp3) is 0.600. The SMILES string of the molecule is C/C=C1\C(=C/CC)CC[C@@H]1N. The van der Waals surface area contributed by atoms with Gasteiger partial charge in [0.25, 0.3) is 0 Å². The summed E-state index contributed by atoms with van der Waals surface area (Å²) in [5.74, 6) is 0. The highest BCUT2D eigenvalue weighted by Crippen LogP contribution is 2.29. The summed E-state index contributed by atoms with van der Waals surface area (Å²) in [4.78, 5) is 0. The fourth-order valence-electron chi connectivity index (χ4n) is 1.71. The molecule has 0 bridgehead atoms. The van der Waals surface area contributed by atoms with E-state index in [1.807, 2.05) is 0 Å². The molecule has 0 spiro atoms. The topological polar surface area (TPSA) is 26.0 Å². The Morgan fingerprint density at radius 2 is 2.36 bits per heavy atom. The third-order valence-electron chi connectivity index (χ3n) is 2.26. The van der Waals surface area contributed by atoms with Gasteiger partial charge in [-0.2, -0.15) is 0 Å². The Labute approximate surface area is 69.0 Å². The highest BCUT2D eigenvalue weighted by molar-refractivity contribution is 5.38. The van der Waals surface area contributed by atoms with Crippen LogP contribution in [-0.4, -0.2) is 6.04 Å². The molecule has 1 saturated carbocycles. The second-order valence-electron chi connectivity index (χ2n) is 3.03. The van der Waals surface area contributed by atoms with E-state index in [4.69, 9.17) is 5.73 Å². The Bertz CT molecular complexity index is 189. The van der Waals surface area contributed by atoms with Crippen molar-refractivity contribution in [3.63, 3.8) is 0 Å². The van der Waals surface area contributed by atoms with Crippen LogP contribution in [0.25, 0.3) is 0 Å². The molecule has 1 nitrogen and oxygen atoms in total. The summed E-state index contributed by atoms with van der Waals surface area (Å²) in [5.41, 5.74) is 8.74. The summed E-state index contributed by atoms with van der Waals surface area (Å²) in [6, 6.07) is 0.304. The van der Waals surface area contributed by atoms with Crippen LogP contribution < -0.4 is 5.73 Å². The molecule has 0 saturated heterocycles. The molecule has 1 aliphatic rings. The molecular weight excluding hydrogens is 134 g/mol. The maximum Gasteiger partial charge on any atom is 0.0297 e. The molecule has 62 valence electrons. The van der Waals surface area contributed by atoms with Gasteiger partial charge in [0.2, 0.25) is 0 Å². The molecule has 1 atom stereocenters. The first kappa shape index (κ1) is 8.54. The molecule has 0 aromatic rings. The maximum atomic E-state index is 5.90. The quantitative estimate of drug-likeness (QED) is 0.612. The van der Waals surface area contributed by atoms with Crippen LogP contribution >= 0.6 is 0 Å². The lowest BCUT2D eigenvalue weighted by Crippen LogP contribution is -2.16. The first-order valence-electron chi connectivity index (χ1n) is 4.40. The van der Waals surface area contributed by atoms with Gasteiger partial charge in [0.1, 0.15) is 0 Å². The van der Waals surface area contributed by atoms with E-state index in [2.05, 4.69) is 26.0 Å². The molecule has 0 aromatic heterocycles. The van der Waals surface area contributed by atoms with Gasteiger partial charge in [-0.15, -0.1) is 0 Å².